The molecule has 1 aromatic carbocycles. The van der Waals surface area contributed by atoms with Crippen LogP contribution in [0.1, 0.15) is 89.4 Å². The molecule has 0 aliphatic rings. The maximum absolute atomic E-state index is 5.84. The number of thiophene rings is 1. The van der Waals surface area contributed by atoms with Crippen LogP contribution >= 0.6 is 11.3 Å². The lowest BCUT2D eigenvalue weighted by Gasteiger charge is -2.07. The second kappa shape index (κ2) is 14.8. The molecule has 0 amide bonds. The highest BCUT2D eigenvalue weighted by molar-refractivity contribution is 7.15. The van der Waals surface area contributed by atoms with Crippen LogP contribution < -0.4 is 4.74 Å². The summed E-state index contributed by atoms with van der Waals surface area (Å²) in [4.78, 5) is 12.0. The Morgan fingerprint density at radius 3 is 2.00 bits per heavy atom. The molecule has 2 aromatic heterocycles. The average molecular weight is 465 g/mol. The molecule has 0 N–H and O–H groups in total. The van der Waals surface area contributed by atoms with Crippen molar-refractivity contribution in [1.82, 2.24) is 9.97 Å². The van der Waals surface area contributed by atoms with Crippen molar-refractivity contribution in [3.63, 3.8) is 0 Å². The number of unbranched alkanes of at least 4 members (excludes halogenated alkanes) is 9. The molecule has 0 spiro atoms. The minimum absolute atomic E-state index is 0.757. The largest absolute Gasteiger partial charge is 0.494 e. The summed E-state index contributed by atoms with van der Waals surface area (Å²) in [7, 11) is 0. The van der Waals surface area contributed by atoms with Crippen LogP contribution in [-0.4, -0.2) is 16.6 Å². The van der Waals surface area contributed by atoms with Gasteiger partial charge in [-0.3, -0.25) is 0 Å². The number of nitrogens with zero attached hydrogens (tertiary/aromatic N) is 2. The second-order valence-corrected chi connectivity index (χ2v) is 10.0. The zero-order valence-corrected chi connectivity index (χ0v) is 21.3. The van der Waals surface area contributed by atoms with Crippen LogP contribution in [0.15, 0.2) is 48.8 Å². The van der Waals surface area contributed by atoms with Gasteiger partial charge in [0.1, 0.15) is 5.75 Å². The van der Waals surface area contributed by atoms with Crippen LogP contribution in [0.3, 0.4) is 0 Å². The number of ether oxygens (including phenoxy) is 1. The molecule has 0 radical (unpaired) electrons. The van der Waals surface area contributed by atoms with E-state index in [-0.39, 0.29) is 0 Å². The molecule has 0 aliphatic carbocycles. The number of aryl methyl sites for hydroxylation is 1. The van der Waals surface area contributed by atoms with Gasteiger partial charge in [-0.05, 0) is 55.7 Å². The minimum Gasteiger partial charge on any atom is -0.494 e. The van der Waals surface area contributed by atoms with E-state index in [0.29, 0.717) is 0 Å². The lowest BCUT2D eigenvalue weighted by Crippen LogP contribution is -1.97. The van der Waals surface area contributed by atoms with E-state index < -0.39 is 0 Å². The van der Waals surface area contributed by atoms with Gasteiger partial charge in [-0.25, -0.2) is 9.97 Å². The first-order chi connectivity index (χ1) is 16.3. The third-order valence-electron chi connectivity index (χ3n) is 6.00. The number of aromatic nitrogens is 2. The summed E-state index contributed by atoms with van der Waals surface area (Å²) in [5, 5.41) is 0. The SMILES string of the molecule is CCCCCCCCCc1ccc(-c2cnc(-c3ccc(OCCCCCC)cc3)nc2)s1. The Morgan fingerprint density at radius 1 is 0.667 bits per heavy atom. The Bertz CT molecular complexity index is 902. The van der Waals surface area contributed by atoms with E-state index in [1.165, 1.54) is 80.4 Å². The Hall–Kier alpha value is -2.20. The Labute approximate surface area is 204 Å². The van der Waals surface area contributed by atoms with E-state index in [1.807, 2.05) is 48.0 Å². The van der Waals surface area contributed by atoms with Gasteiger partial charge in [-0.2, -0.15) is 0 Å². The molecule has 178 valence electrons. The smallest absolute Gasteiger partial charge is 0.159 e. The van der Waals surface area contributed by atoms with Crippen molar-refractivity contribution in [2.45, 2.75) is 90.9 Å². The van der Waals surface area contributed by atoms with Gasteiger partial charge in [0, 0.05) is 33.3 Å². The summed E-state index contributed by atoms with van der Waals surface area (Å²) in [5.41, 5.74) is 2.12. The summed E-state index contributed by atoms with van der Waals surface area (Å²) >= 11 is 1.88. The Balaban J connectivity index is 1.45. The molecule has 2 heterocycles. The van der Waals surface area contributed by atoms with Crippen molar-refractivity contribution in [1.29, 1.82) is 0 Å². The highest BCUT2D eigenvalue weighted by atomic mass is 32.1. The van der Waals surface area contributed by atoms with E-state index in [4.69, 9.17) is 4.74 Å². The molecule has 0 fully saturated rings. The summed E-state index contributed by atoms with van der Waals surface area (Å²) < 4.78 is 5.84. The molecule has 0 saturated carbocycles. The summed E-state index contributed by atoms with van der Waals surface area (Å²) in [5.74, 6) is 1.67. The molecule has 3 aromatic rings. The monoisotopic (exact) mass is 464 g/mol. The molecule has 3 rings (SSSR count). The number of rotatable bonds is 16. The third kappa shape index (κ3) is 8.92. The van der Waals surface area contributed by atoms with Gasteiger partial charge in [0.05, 0.1) is 6.61 Å². The molecular formula is C29H40N2OS. The molecule has 0 unspecified atom stereocenters. The topological polar surface area (TPSA) is 35.0 Å². The summed E-state index contributed by atoms with van der Waals surface area (Å²) in [6.45, 7) is 5.28. The second-order valence-electron chi connectivity index (χ2n) is 8.87. The Morgan fingerprint density at radius 2 is 1.30 bits per heavy atom. The van der Waals surface area contributed by atoms with Gasteiger partial charge >= 0.3 is 0 Å². The van der Waals surface area contributed by atoms with Crippen LogP contribution in [0, 0.1) is 0 Å². The molecule has 0 aliphatic heterocycles. The first kappa shape index (κ1) is 25.4. The summed E-state index contributed by atoms with van der Waals surface area (Å²) in [6.07, 6.45) is 19.5. The van der Waals surface area contributed by atoms with Gasteiger partial charge in [-0.15, -0.1) is 11.3 Å². The quantitative estimate of drug-likeness (QED) is 0.198. The molecule has 33 heavy (non-hydrogen) atoms. The van der Waals surface area contributed by atoms with Crippen molar-refractivity contribution in [3.05, 3.63) is 53.7 Å². The van der Waals surface area contributed by atoms with Crippen LogP contribution in [-0.2, 0) is 6.42 Å². The highest BCUT2D eigenvalue weighted by Crippen LogP contribution is 2.29. The molecule has 0 atom stereocenters. The van der Waals surface area contributed by atoms with Gasteiger partial charge in [0.15, 0.2) is 5.82 Å². The number of benzene rings is 1. The fourth-order valence-electron chi connectivity index (χ4n) is 3.95. The van der Waals surface area contributed by atoms with E-state index in [1.54, 1.807) is 0 Å². The van der Waals surface area contributed by atoms with Crippen LogP contribution in [0.2, 0.25) is 0 Å². The van der Waals surface area contributed by atoms with Gasteiger partial charge in [0.25, 0.3) is 0 Å². The van der Waals surface area contributed by atoms with Crippen LogP contribution in [0.4, 0.5) is 0 Å². The normalized spacial score (nSPS) is 11.1. The maximum Gasteiger partial charge on any atom is 0.159 e. The predicted molar refractivity (Wildman–Crippen MR) is 142 cm³/mol. The maximum atomic E-state index is 5.84. The van der Waals surface area contributed by atoms with Crippen molar-refractivity contribution in [2.24, 2.45) is 0 Å². The first-order valence-corrected chi connectivity index (χ1v) is 13.8. The Kier molecular flexibility index (Phi) is 11.4. The standard InChI is InChI=1S/C29H40N2OS/c1-3-5-7-9-10-11-12-14-27-19-20-28(33-27)25-22-30-29(31-23-25)24-15-17-26(18-16-24)32-21-13-8-6-4-2/h15-20,22-23H,3-14,21H2,1-2H3. The third-order valence-corrected chi connectivity index (χ3v) is 7.20. The molecular weight excluding hydrogens is 424 g/mol. The number of hydrogen-bond donors (Lipinski definition) is 0. The lowest BCUT2D eigenvalue weighted by atomic mass is 10.1. The molecule has 0 saturated heterocycles. The van der Waals surface area contributed by atoms with Gasteiger partial charge < -0.3 is 4.74 Å². The fourth-order valence-corrected chi connectivity index (χ4v) is 4.97. The van der Waals surface area contributed by atoms with E-state index in [0.717, 1.165) is 35.7 Å². The molecule has 4 heteroatoms. The fraction of sp³-hybridized carbons (Fsp3) is 0.517. The zero-order chi connectivity index (χ0) is 23.1. The highest BCUT2D eigenvalue weighted by Gasteiger charge is 2.07. The van der Waals surface area contributed by atoms with Crippen molar-refractivity contribution in [3.8, 4) is 27.6 Å². The van der Waals surface area contributed by atoms with E-state index in [2.05, 4.69) is 35.9 Å². The van der Waals surface area contributed by atoms with Crippen molar-refractivity contribution in [2.75, 3.05) is 6.61 Å². The zero-order valence-electron chi connectivity index (χ0n) is 20.5. The van der Waals surface area contributed by atoms with Gasteiger partial charge in [-0.1, -0.05) is 71.6 Å². The minimum atomic E-state index is 0.757. The van der Waals surface area contributed by atoms with Crippen molar-refractivity contribution < 1.29 is 4.74 Å². The predicted octanol–water partition coefficient (Wildman–Crippen LogP) is 9.12. The summed E-state index contributed by atoms with van der Waals surface area (Å²) in [6, 6.07) is 12.6. The first-order valence-electron chi connectivity index (χ1n) is 12.9. The average Bonchev–Trinajstić information content (AvgIpc) is 3.33. The lowest BCUT2D eigenvalue weighted by molar-refractivity contribution is 0.305. The van der Waals surface area contributed by atoms with E-state index >= 15 is 0 Å². The number of hydrogen-bond acceptors (Lipinski definition) is 4. The van der Waals surface area contributed by atoms with Crippen LogP contribution in [0.25, 0.3) is 21.8 Å². The van der Waals surface area contributed by atoms with Crippen molar-refractivity contribution >= 4 is 11.3 Å². The van der Waals surface area contributed by atoms with E-state index in [9.17, 15) is 0 Å². The molecule has 0 bridgehead atoms. The molecule has 3 nitrogen and oxygen atoms in total. The van der Waals surface area contributed by atoms with Crippen LogP contribution in [0.5, 0.6) is 5.75 Å². The van der Waals surface area contributed by atoms with Gasteiger partial charge in [0.2, 0.25) is 0 Å².